The van der Waals surface area contributed by atoms with Crippen LogP contribution in [-0.2, 0) is 5.75 Å². The van der Waals surface area contributed by atoms with Crippen LogP contribution in [0.2, 0.25) is 0 Å². The third kappa shape index (κ3) is 2.19. The van der Waals surface area contributed by atoms with Crippen molar-refractivity contribution in [3.8, 4) is 11.5 Å². The Balaban J connectivity index is 2.54. The van der Waals surface area contributed by atoms with E-state index in [2.05, 4.69) is 12.2 Å². The molecule has 3 nitrogen and oxygen atoms in total. The standard InChI is InChI=1S/C14H21NO2S/c1-5-12-14(15-2)13-9(8-18-12)10(16-3)6-7-11(13)17-4/h6-7,12,14-15H,5,8H2,1-4H3. The summed E-state index contributed by atoms with van der Waals surface area (Å²) in [5, 5.41) is 4.02. The van der Waals surface area contributed by atoms with Gasteiger partial charge in [0.05, 0.1) is 14.2 Å². The molecule has 2 unspecified atom stereocenters. The lowest BCUT2D eigenvalue weighted by Crippen LogP contribution is -2.31. The van der Waals surface area contributed by atoms with Gasteiger partial charge in [-0.2, -0.15) is 11.8 Å². The van der Waals surface area contributed by atoms with Crippen LogP contribution in [0.25, 0.3) is 0 Å². The van der Waals surface area contributed by atoms with Crippen LogP contribution in [0.5, 0.6) is 11.5 Å². The van der Waals surface area contributed by atoms with E-state index in [1.165, 1.54) is 11.1 Å². The van der Waals surface area contributed by atoms with Crippen molar-refractivity contribution in [2.45, 2.75) is 30.4 Å². The molecule has 0 amide bonds. The molecule has 1 aliphatic rings. The molecule has 0 saturated carbocycles. The number of rotatable bonds is 4. The molecule has 2 atom stereocenters. The number of nitrogens with one attached hydrogen (secondary N) is 1. The van der Waals surface area contributed by atoms with E-state index in [1.807, 2.05) is 30.9 Å². The van der Waals surface area contributed by atoms with E-state index in [4.69, 9.17) is 9.47 Å². The second-order valence-corrected chi connectivity index (χ2v) is 5.61. The molecule has 2 rings (SSSR count). The van der Waals surface area contributed by atoms with Gasteiger partial charge in [0.1, 0.15) is 11.5 Å². The summed E-state index contributed by atoms with van der Waals surface area (Å²) in [6.45, 7) is 2.24. The minimum Gasteiger partial charge on any atom is -0.496 e. The molecule has 0 bridgehead atoms. The van der Waals surface area contributed by atoms with Crippen LogP contribution in [0, 0.1) is 0 Å². The van der Waals surface area contributed by atoms with E-state index < -0.39 is 0 Å². The fourth-order valence-electron chi connectivity index (χ4n) is 2.64. The molecule has 1 heterocycles. The van der Waals surface area contributed by atoms with E-state index in [0.717, 1.165) is 23.7 Å². The zero-order valence-corrected chi connectivity index (χ0v) is 12.3. The molecule has 1 aromatic rings. The van der Waals surface area contributed by atoms with Crippen molar-refractivity contribution in [1.29, 1.82) is 0 Å². The monoisotopic (exact) mass is 267 g/mol. The second kappa shape index (κ2) is 5.85. The minimum atomic E-state index is 0.328. The topological polar surface area (TPSA) is 30.5 Å². The largest absolute Gasteiger partial charge is 0.496 e. The van der Waals surface area contributed by atoms with Crippen molar-refractivity contribution < 1.29 is 9.47 Å². The summed E-state index contributed by atoms with van der Waals surface area (Å²) in [5.74, 6) is 2.92. The van der Waals surface area contributed by atoms with Gasteiger partial charge in [-0.15, -0.1) is 0 Å². The van der Waals surface area contributed by atoms with Crippen LogP contribution in [0.4, 0.5) is 0 Å². The summed E-state index contributed by atoms with van der Waals surface area (Å²) >= 11 is 1.99. The van der Waals surface area contributed by atoms with Crippen molar-refractivity contribution in [3.63, 3.8) is 0 Å². The van der Waals surface area contributed by atoms with Gasteiger partial charge in [-0.05, 0) is 25.6 Å². The number of fused-ring (bicyclic) bond motifs is 1. The summed E-state index contributed by atoms with van der Waals surface area (Å²) in [6.07, 6.45) is 1.15. The first-order valence-electron chi connectivity index (χ1n) is 6.29. The normalized spacial score (nSPS) is 22.4. The average molecular weight is 267 g/mol. The van der Waals surface area contributed by atoms with Crippen LogP contribution in [0.3, 0.4) is 0 Å². The Kier molecular flexibility index (Phi) is 4.40. The first kappa shape index (κ1) is 13.6. The Morgan fingerprint density at radius 3 is 2.50 bits per heavy atom. The predicted octanol–water partition coefficient (Wildman–Crippen LogP) is 2.99. The lowest BCUT2D eigenvalue weighted by atomic mass is 9.95. The molecule has 0 aromatic heterocycles. The Morgan fingerprint density at radius 1 is 1.28 bits per heavy atom. The quantitative estimate of drug-likeness (QED) is 0.908. The van der Waals surface area contributed by atoms with Gasteiger partial charge >= 0.3 is 0 Å². The third-order valence-corrected chi connectivity index (χ3v) is 5.04. The number of benzene rings is 1. The van der Waals surface area contributed by atoms with Crippen LogP contribution in [0.15, 0.2) is 12.1 Å². The minimum absolute atomic E-state index is 0.328. The highest BCUT2D eigenvalue weighted by atomic mass is 32.2. The number of ether oxygens (including phenoxy) is 2. The second-order valence-electron chi connectivity index (χ2n) is 4.39. The highest BCUT2D eigenvalue weighted by Crippen LogP contribution is 2.46. The molecule has 1 aliphatic heterocycles. The Morgan fingerprint density at radius 2 is 1.94 bits per heavy atom. The van der Waals surface area contributed by atoms with Gasteiger partial charge < -0.3 is 14.8 Å². The van der Waals surface area contributed by atoms with E-state index in [-0.39, 0.29) is 0 Å². The van der Waals surface area contributed by atoms with Crippen LogP contribution in [0.1, 0.15) is 30.5 Å². The fourth-order valence-corrected chi connectivity index (χ4v) is 4.02. The van der Waals surface area contributed by atoms with Crippen molar-refractivity contribution in [3.05, 3.63) is 23.3 Å². The fraction of sp³-hybridized carbons (Fsp3) is 0.571. The van der Waals surface area contributed by atoms with Crippen molar-refractivity contribution in [1.82, 2.24) is 5.32 Å². The summed E-state index contributed by atoms with van der Waals surface area (Å²) < 4.78 is 11.0. The SMILES string of the molecule is CCC1SCc2c(OC)ccc(OC)c2C1NC. The molecule has 0 aliphatic carbocycles. The van der Waals surface area contributed by atoms with Gasteiger partial charge in [-0.25, -0.2) is 0 Å². The summed E-state index contributed by atoms with van der Waals surface area (Å²) in [7, 11) is 5.48. The predicted molar refractivity (Wildman–Crippen MR) is 76.7 cm³/mol. The van der Waals surface area contributed by atoms with Crippen molar-refractivity contribution in [2.75, 3.05) is 21.3 Å². The van der Waals surface area contributed by atoms with Gasteiger partial charge in [0, 0.05) is 28.2 Å². The first-order valence-corrected chi connectivity index (χ1v) is 7.34. The maximum absolute atomic E-state index is 5.53. The maximum Gasteiger partial charge on any atom is 0.124 e. The van der Waals surface area contributed by atoms with Gasteiger partial charge in [0.15, 0.2) is 0 Å². The van der Waals surface area contributed by atoms with E-state index in [1.54, 1.807) is 14.2 Å². The maximum atomic E-state index is 5.53. The third-order valence-electron chi connectivity index (χ3n) is 3.55. The molecule has 4 heteroatoms. The van der Waals surface area contributed by atoms with Gasteiger partial charge in [0.25, 0.3) is 0 Å². The molecular weight excluding hydrogens is 246 g/mol. The van der Waals surface area contributed by atoms with Gasteiger partial charge in [0.2, 0.25) is 0 Å². The Labute approximate surface area is 113 Å². The first-order chi connectivity index (χ1) is 8.76. The molecule has 100 valence electrons. The number of methoxy groups -OCH3 is 2. The summed E-state index contributed by atoms with van der Waals surface area (Å²) in [4.78, 5) is 0. The van der Waals surface area contributed by atoms with Crippen molar-refractivity contribution >= 4 is 11.8 Å². The molecule has 1 aromatic carbocycles. The van der Waals surface area contributed by atoms with E-state index >= 15 is 0 Å². The van der Waals surface area contributed by atoms with Gasteiger partial charge in [-0.3, -0.25) is 0 Å². The smallest absolute Gasteiger partial charge is 0.124 e. The van der Waals surface area contributed by atoms with E-state index in [9.17, 15) is 0 Å². The average Bonchev–Trinajstić information content (AvgIpc) is 2.44. The number of thioether (sulfide) groups is 1. The summed E-state index contributed by atoms with van der Waals surface area (Å²) in [5.41, 5.74) is 2.54. The molecule has 0 saturated heterocycles. The zero-order valence-electron chi connectivity index (χ0n) is 11.4. The summed E-state index contributed by atoms with van der Waals surface area (Å²) in [6, 6.07) is 4.33. The van der Waals surface area contributed by atoms with Crippen molar-refractivity contribution in [2.24, 2.45) is 0 Å². The lowest BCUT2D eigenvalue weighted by Gasteiger charge is -2.34. The molecule has 0 fully saturated rings. The molecule has 0 radical (unpaired) electrons. The number of hydrogen-bond donors (Lipinski definition) is 1. The zero-order chi connectivity index (χ0) is 13.1. The molecule has 0 spiro atoms. The van der Waals surface area contributed by atoms with Crippen LogP contribution >= 0.6 is 11.8 Å². The van der Waals surface area contributed by atoms with Crippen LogP contribution in [-0.4, -0.2) is 26.5 Å². The Hall–Kier alpha value is -0.870. The molecular formula is C14H21NO2S. The highest BCUT2D eigenvalue weighted by Gasteiger charge is 2.32. The highest BCUT2D eigenvalue weighted by molar-refractivity contribution is 7.99. The molecule has 18 heavy (non-hydrogen) atoms. The van der Waals surface area contributed by atoms with Gasteiger partial charge in [-0.1, -0.05) is 6.92 Å². The molecule has 1 N–H and O–H groups in total. The number of hydrogen-bond acceptors (Lipinski definition) is 4. The lowest BCUT2D eigenvalue weighted by molar-refractivity contribution is 0.385. The van der Waals surface area contributed by atoms with E-state index in [0.29, 0.717) is 11.3 Å². The van der Waals surface area contributed by atoms with Crippen LogP contribution < -0.4 is 14.8 Å². The Bertz CT molecular complexity index is 423.